The largest absolute Gasteiger partial charge is 0.299 e. The fraction of sp³-hybridized carbons (Fsp3) is 0.333. The highest BCUT2D eigenvalue weighted by Crippen LogP contribution is 2.25. The summed E-state index contributed by atoms with van der Waals surface area (Å²) in [7, 11) is 1.93. The molecule has 1 aliphatic rings. The third-order valence-electron chi connectivity index (χ3n) is 4.58. The molecule has 0 aromatic carbocycles. The molecule has 1 aliphatic heterocycles. The average Bonchev–Trinajstić information content (AvgIpc) is 3.41. The van der Waals surface area contributed by atoms with Crippen molar-refractivity contribution in [1.82, 2.24) is 29.2 Å². The van der Waals surface area contributed by atoms with Crippen molar-refractivity contribution in [3.63, 3.8) is 0 Å². The third-order valence-corrected chi connectivity index (χ3v) is 4.58. The van der Waals surface area contributed by atoms with Gasteiger partial charge in [-0.15, -0.1) is 0 Å². The van der Waals surface area contributed by atoms with Gasteiger partial charge in [0.2, 0.25) is 0 Å². The summed E-state index contributed by atoms with van der Waals surface area (Å²) in [6.45, 7) is 0.773. The minimum Gasteiger partial charge on any atom is -0.299 e. The Balaban J connectivity index is 1.75. The summed E-state index contributed by atoms with van der Waals surface area (Å²) in [6.07, 6.45) is 9.49. The molecule has 0 saturated heterocycles. The fourth-order valence-electron chi connectivity index (χ4n) is 3.20. The van der Waals surface area contributed by atoms with E-state index in [0.717, 1.165) is 29.3 Å². The van der Waals surface area contributed by atoms with E-state index in [4.69, 9.17) is 15.5 Å². The number of hydrogen-bond acceptors (Lipinski definition) is 7. The van der Waals surface area contributed by atoms with Crippen LogP contribution >= 0.6 is 0 Å². The molecule has 134 valence electrons. The van der Waals surface area contributed by atoms with Crippen LogP contribution in [0.5, 0.6) is 0 Å². The van der Waals surface area contributed by atoms with Gasteiger partial charge in [-0.3, -0.25) is 14.1 Å². The van der Waals surface area contributed by atoms with Gasteiger partial charge in [-0.25, -0.2) is 9.97 Å². The van der Waals surface area contributed by atoms with Gasteiger partial charge in [-0.2, -0.15) is 20.7 Å². The molecule has 3 aromatic rings. The maximum Gasteiger partial charge on any atom is 0.149 e. The summed E-state index contributed by atoms with van der Waals surface area (Å²) in [4.78, 5) is 9.25. The predicted octanol–water partition coefficient (Wildman–Crippen LogP) is 1.98. The molecule has 4 heterocycles. The number of fused-ring (bicyclic) bond motifs is 1. The predicted molar refractivity (Wildman–Crippen MR) is 97.6 cm³/mol. The molecule has 9 nitrogen and oxygen atoms in total. The Morgan fingerprint density at radius 1 is 1.30 bits per heavy atom. The minimum atomic E-state index is -0.272. The van der Waals surface area contributed by atoms with Gasteiger partial charge in [0.15, 0.2) is 0 Å². The highest BCUT2D eigenvalue weighted by Gasteiger charge is 2.21. The summed E-state index contributed by atoms with van der Waals surface area (Å²) < 4.78 is 3.58. The third kappa shape index (κ3) is 3.11. The van der Waals surface area contributed by atoms with Gasteiger partial charge in [0.05, 0.1) is 54.4 Å². The molecule has 0 amide bonds. The van der Waals surface area contributed by atoms with Crippen molar-refractivity contribution in [2.45, 2.75) is 24.8 Å². The lowest BCUT2D eigenvalue weighted by Crippen LogP contribution is -2.14. The summed E-state index contributed by atoms with van der Waals surface area (Å²) in [5.41, 5.74) is 2.51. The zero-order valence-electron chi connectivity index (χ0n) is 14.8. The van der Waals surface area contributed by atoms with E-state index in [9.17, 15) is 0 Å². The molecule has 0 radical (unpaired) electrons. The summed E-state index contributed by atoms with van der Waals surface area (Å²) >= 11 is 0. The monoisotopic (exact) mass is 359 g/mol. The van der Waals surface area contributed by atoms with E-state index in [2.05, 4.69) is 27.3 Å². The molecule has 0 fully saturated rings. The van der Waals surface area contributed by atoms with E-state index in [-0.39, 0.29) is 24.8 Å². The van der Waals surface area contributed by atoms with Crippen LogP contribution in [0.2, 0.25) is 0 Å². The van der Waals surface area contributed by atoms with Crippen LogP contribution in [0.1, 0.15) is 30.5 Å². The molecule has 0 aliphatic carbocycles. The maximum atomic E-state index is 9.00. The van der Waals surface area contributed by atoms with Crippen molar-refractivity contribution in [3.05, 3.63) is 36.5 Å². The van der Waals surface area contributed by atoms with Crippen molar-refractivity contribution < 1.29 is 0 Å². The molecule has 0 bridgehead atoms. The second-order valence-corrected chi connectivity index (χ2v) is 6.46. The first kappa shape index (κ1) is 16.7. The van der Waals surface area contributed by atoms with Crippen molar-refractivity contribution in [2.24, 2.45) is 5.10 Å². The first-order valence-corrected chi connectivity index (χ1v) is 8.57. The smallest absolute Gasteiger partial charge is 0.149 e. The maximum absolute atomic E-state index is 9.00. The molecule has 0 N–H and O–H groups in total. The number of imidazole rings is 1. The molecule has 1 atom stereocenters. The minimum absolute atomic E-state index is 0.107. The van der Waals surface area contributed by atoms with Crippen LogP contribution in [0, 0.1) is 22.7 Å². The van der Waals surface area contributed by atoms with E-state index < -0.39 is 0 Å². The molecule has 0 saturated carbocycles. The average molecular weight is 359 g/mol. The summed E-state index contributed by atoms with van der Waals surface area (Å²) in [5, 5.41) is 28.5. The summed E-state index contributed by atoms with van der Waals surface area (Å²) in [5.74, 6) is 0.831. The number of rotatable bonds is 5. The highest BCUT2D eigenvalue weighted by atomic mass is 15.4. The second-order valence-electron chi connectivity index (χ2n) is 6.46. The van der Waals surface area contributed by atoms with E-state index in [1.165, 1.54) is 0 Å². The Labute approximate surface area is 155 Å². The molecule has 1 unspecified atom stereocenters. The van der Waals surface area contributed by atoms with Crippen molar-refractivity contribution in [1.29, 1.82) is 10.5 Å². The van der Waals surface area contributed by atoms with Crippen LogP contribution in [0.15, 0.2) is 36.0 Å². The summed E-state index contributed by atoms with van der Waals surface area (Å²) in [6, 6.07) is 5.93. The van der Waals surface area contributed by atoms with Gasteiger partial charge in [0.25, 0.3) is 0 Å². The van der Waals surface area contributed by atoms with Gasteiger partial charge < -0.3 is 0 Å². The number of aromatic nitrogens is 5. The Kier molecular flexibility index (Phi) is 4.27. The van der Waals surface area contributed by atoms with Crippen LogP contribution in [0.25, 0.3) is 17.0 Å². The number of likely N-dealkylation sites (N-methyl/N-ethyl adjacent to an activating group) is 1. The molecule has 0 spiro atoms. The first-order chi connectivity index (χ1) is 13.2. The Bertz CT molecular complexity index is 1060. The van der Waals surface area contributed by atoms with Crippen LogP contribution < -0.4 is 0 Å². The zero-order chi connectivity index (χ0) is 18.8. The number of nitrogens with zero attached hydrogens (tertiary/aromatic N) is 9. The quantitative estimate of drug-likeness (QED) is 0.688. The molecule has 9 heteroatoms. The number of hydrazone groups is 1. The van der Waals surface area contributed by atoms with Crippen LogP contribution in [-0.4, -0.2) is 49.0 Å². The van der Waals surface area contributed by atoms with Crippen molar-refractivity contribution in [3.8, 4) is 23.5 Å². The number of nitriles is 2. The van der Waals surface area contributed by atoms with Crippen molar-refractivity contribution in [2.75, 3.05) is 13.6 Å². The van der Waals surface area contributed by atoms with Crippen LogP contribution in [-0.2, 0) is 0 Å². The molecule has 3 aromatic heterocycles. The lowest BCUT2D eigenvalue weighted by molar-refractivity contribution is 0.380. The van der Waals surface area contributed by atoms with Crippen LogP contribution in [0.4, 0.5) is 0 Å². The van der Waals surface area contributed by atoms with E-state index >= 15 is 0 Å². The van der Waals surface area contributed by atoms with Gasteiger partial charge in [-0.1, -0.05) is 0 Å². The Morgan fingerprint density at radius 3 is 2.81 bits per heavy atom. The van der Waals surface area contributed by atoms with Crippen molar-refractivity contribution >= 4 is 11.9 Å². The van der Waals surface area contributed by atoms with Gasteiger partial charge >= 0.3 is 0 Å². The molecular weight excluding hydrogens is 342 g/mol. The van der Waals surface area contributed by atoms with Gasteiger partial charge in [-0.05, 0) is 0 Å². The Hall–Kier alpha value is -3.72. The first-order valence-electron chi connectivity index (χ1n) is 8.57. The van der Waals surface area contributed by atoms with E-state index in [0.29, 0.717) is 0 Å². The van der Waals surface area contributed by atoms with Gasteiger partial charge in [0, 0.05) is 44.5 Å². The van der Waals surface area contributed by atoms with Crippen LogP contribution in [0.3, 0.4) is 0 Å². The fourth-order valence-corrected chi connectivity index (χ4v) is 3.20. The van der Waals surface area contributed by atoms with E-state index in [1.807, 2.05) is 41.1 Å². The normalized spacial score (nSPS) is 16.1. The SMILES string of the molecule is CN1CC(c2cc3nccn3c(-c3cnn(C(CC#N)CC#N)c3)n2)C=N1. The Morgan fingerprint density at radius 2 is 2.11 bits per heavy atom. The molecular formula is C18H17N9. The topological polar surface area (TPSA) is 111 Å². The number of hydrogen-bond donors (Lipinski definition) is 0. The van der Waals surface area contributed by atoms with Gasteiger partial charge in [0.1, 0.15) is 11.5 Å². The lowest BCUT2D eigenvalue weighted by Gasteiger charge is -2.12. The second kappa shape index (κ2) is 6.89. The standard InChI is InChI=1S/C18H17N9/c1-25-11-13(9-22-25)16-8-17-21-6-7-26(17)18(24-16)14-10-23-27(12-14)15(2-4-19)3-5-20/h6-10,12-13,15H,2-3,11H2,1H3. The zero-order valence-corrected chi connectivity index (χ0v) is 14.8. The molecule has 27 heavy (non-hydrogen) atoms. The highest BCUT2D eigenvalue weighted by molar-refractivity contribution is 5.70. The lowest BCUT2D eigenvalue weighted by atomic mass is 10.1. The molecule has 4 rings (SSSR count). The van der Waals surface area contributed by atoms with E-state index in [1.54, 1.807) is 17.1 Å².